The molecule has 4 aromatic rings. The minimum atomic E-state index is -2.65. The highest BCUT2D eigenvalue weighted by Crippen LogP contribution is 2.42. The molecule has 0 spiro atoms. The van der Waals surface area contributed by atoms with E-state index in [-0.39, 0.29) is 17.2 Å². The van der Waals surface area contributed by atoms with Crippen LogP contribution in [0.3, 0.4) is 0 Å². The lowest BCUT2D eigenvalue weighted by Crippen LogP contribution is -2.27. The first kappa shape index (κ1) is 21.1. The number of carbonyl (C=O) groups excluding carboxylic acids is 1. The van der Waals surface area contributed by atoms with E-state index in [1.165, 1.54) is 0 Å². The summed E-state index contributed by atoms with van der Waals surface area (Å²) in [4.78, 5) is 19.0. The molecule has 8 heteroatoms. The molecule has 33 heavy (non-hydrogen) atoms. The van der Waals surface area contributed by atoms with Crippen molar-refractivity contribution in [1.82, 2.24) is 20.1 Å². The highest BCUT2D eigenvalue weighted by atomic mass is 19.3. The summed E-state index contributed by atoms with van der Waals surface area (Å²) >= 11 is 0. The Bertz CT molecular complexity index is 1360. The lowest BCUT2D eigenvalue weighted by molar-refractivity contribution is 0.0958. The van der Waals surface area contributed by atoms with Gasteiger partial charge in [-0.05, 0) is 48.1 Å². The molecule has 168 valence electrons. The third-order valence-electron chi connectivity index (χ3n) is 6.03. The summed E-state index contributed by atoms with van der Waals surface area (Å²) in [5.74, 6) is 0.302. The van der Waals surface area contributed by atoms with Gasteiger partial charge in [-0.15, -0.1) is 0 Å². The Hall–Kier alpha value is -3.81. The summed E-state index contributed by atoms with van der Waals surface area (Å²) in [6.07, 6.45) is 0.694. The van der Waals surface area contributed by atoms with Crippen molar-refractivity contribution in [3.05, 3.63) is 71.5 Å². The normalized spacial score (nSPS) is 13.4. The quantitative estimate of drug-likeness (QED) is 0.477. The van der Waals surface area contributed by atoms with Crippen LogP contribution < -0.4 is 10.2 Å². The average molecular weight is 447 g/mol. The maximum Gasteiger partial charge on any atom is 0.269 e. The summed E-state index contributed by atoms with van der Waals surface area (Å²) in [7, 11) is 3.32. The number of hydrogen-bond acceptors (Lipinski definition) is 4. The van der Waals surface area contributed by atoms with E-state index in [4.69, 9.17) is 0 Å². The van der Waals surface area contributed by atoms with Gasteiger partial charge in [0.15, 0.2) is 0 Å². The van der Waals surface area contributed by atoms with E-state index in [9.17, 15) is 13.6 Å². The van der Waals surface area contributed by atoms with Crippen LogP contribution >= 0.6 is 0 Å². The fraction of sp³-hybridized carbons (Fsp3) is 0.240. The van der Waals surface area contributed by atoms with Gasteiger partial charge >= 0.3 is 0 Å². The van der Waals surface area contributed by atoms with E-state index in [0.29, 0.717) is 29.3 Å². The number of amides is 1. The van der Waals surface area contributed by atoms with Crippen LogP contribution in [0.5, 0.6) is 0 Å². The summed E-state index contributed by atoms with van der Waals surface area (Å²) in [6, 6.07) is 14.6. The number of fused-ring (bicyclic) bond motifs is 2. The molecule has 0 aliphatic carbocycles. The summed E-state index contributed by atoms with van der Waals surface area (Å²) in [6.45, 7) is 0.618. The monoisotopic (exact) mass is 447 g/mol. The predicted molar refractivity (Wildman–Crippen MR) is 124 cm³/mol. The lowest BCUT2D eigenvalue weighted by Gasteiger charge is -2.32. The Labute approximate surface area is 189 Å². The summed E-state index contributed by atoms with van der Waals surface area (Å²) in [5.41, 5.74) is 2.86. The van der Waals surface area contributed by atoms with Crippen molar-refractivity contribution in [2.24, 2.45) is 7.05 Å². The lowest BCUT2D eigenvalue weighted by atomic mass is 9.93. The molecule has 0 radical (unpaired) electrons. The van der Waals surface area contributed by atoms with E-state index in [2.05, 4.69) is 15.4 Å². The van der Waals surface area contributed by atoms with Crippen LogP contribution in [0.4, 0.5) is 20.3 Å². The Balaban J connectivity index is 1.71. The van der Waals surface area contributed by atoms with Crippen molar-refractivity contribution in [2.45, 2.75) is 19.3 Å². The third-order valence-corrected chi connectivity index (χ3v) is 6.03. The molecule has 1 aliphatic rings. The number of aryl methyl sites for hydroxylation is 2. The number of alkyl halides is 2. The first-order chi connectivity index (χ1) is 16.0. The number of benzene rings is 2. The van der Waals surface area contributed by atoms with Crippen LogP contribution in [0.2, 0.25) is 0 Å². The molecule has 0 saturated heterocycles. The second-order valence-corrected chi connectivity index (χ2v) is 8.13. The van der Waals surface area contributed by atoms with Crippen molar-refractivity contribution in [3.8, 4) is 11.3 Å². The number of anilines is 2. The number of halogens is 2. The zero-order valence-electron chi connectivity index (χ0n) is 18.3. The molecular formula is C25H23F2N5O. The van der Waals surface area contributed by atoms with Crippen LogP contribution in [0, 0.1) is 0 Å². The van der Waals surface area contributed by atoms with Gasteiger partial charge in [0.05, 0.1) is 5.69 Å². The molecule has 0 saturated carbocycles. The molecule has 0 bridgehead atoms. The van der Waals surface area contributed by atoms with Gasteiger partial charge in [-0.1, -0.05) is 24.3 Å². The van der Waals surface area contributed by atoms with Gasteiger partial charge in [0.1, 0.15) is 11.5 Å². The molecule has 1 N–H and O–H groups in total. The number of nitrogens with one attached hydrogen (secondary N) is 1. The second-order valence-electron chi connectivity index (χ2n) is 8.13. The molecule has 2 aromatic carbocycles. The molecule has 1 aliphatic heterocycles. The predicted octanol–water partition coefficient (Wildman–Crippen LogP) is 5.02. The number of rotatable bonds is 4. The first-order valence-corrected chi connectivity index (χ1v) is 10.8. The summed E-state index contributed by atoms with van der Waals surface area (Å²) in [5, 5.41) is 8.70. The van der Waals surface area contributed by atoms with Gasteiger partial charge in [0.25, 0.3) is 12.3 Å². The number of hydrogen-bond donors (Lipinski definition) is 1. The molecule has 0 unspecified atom stereocenters. The van der Waals surface area contributed by atoms with Crippen molar-refractivity contribution in [2.75, 3.05) is 18.5 Å². The van der Waals surface area contributed by atoms with Crippen molar-refractivity contribution in [1.29, 1.82) is 0 Å². The number of nitrogens with zero attached hydrogens (tertiary/aromatic N) is 4. The van der Waals surface area contributed by atoms with Crippen LogP contribution in [0.25, 0.3) is 22.0 Å². The van der Waals surface area contributed by atoms with Gasteiger partial charge in [0, 0.05) is 49.0 Å². The first-order valence-electron chi connectivity index (χ1n) is 10.8. The van der Waals surface area contributed by atoms with Crippen LogP contribution in [0.1, 0.15) is 34.5 Å². The molecule has 2 aromatic heterocycles. The maximum absolute atomic E-state index is 14.2. The minimum Gasteiger partial charge on any atom is -0.354 e. The minimum absolute atomic E-state index is 0.0638. The number of aromatic nitrogens is 3. The van der Waals surface area contributed by atoms with E-state index in [0.717, 1.165) is 29.2 Å². The average Bonchev–Trinajstić information content (AvgIpc) is 3.27. The van der Waals surface area contributed by atoms with Crippen molar-refractivity contribution in [3.63, 3.8) is 0 Å². The van der Waals surface area contributed by atoms with Crippen molar-refractivity contribution < 1.29 is 13.6 Å². The van der Waals surface area contributed by atoms with E-state index in [1.807, 2.05) is 35.2 Å². The van der Waals surface area contributed by atoms with Gasteiger partial charge in [-0.2, -0.15) is 5.10 Å². The highest BCUT2D eigenvalue weighted by molar-refractivity contribution is 6.01. The third kappa shape index (κ3) is 3.71. The van der Waals surface area contributed by atoms with Gasteiger partial charge in [-0.25, -0.2) is 13.8 Å². The maximum atomic E-state index is 14.2. The molecular weight excluding hydrogens is 424 g/mol. The largest absolute Gasteiger partial charge is 0.354 e. The molecule has 0 atom stereocenters. The number of pyridine rings is 1. The number of carbonyl (C=O) groups is 1. The Morgan fingerprint density at radius 1 is 1.15 bits per heavy atom. The fourth-order valence-electron chi connectivity index (χ4n) is 4.46. The molecule has 3 heterocycles. The molecule has 0 fully saturated rings. The molecule has 1 amide bonds. The van der Waals surface area contributed by atoms with Crippen LogP contribution in [-0.2, 0) is 13.5 Å². The van der Waals surface area contributed by atoms with Gasteiger partial charge < -0.3 is 10.2 Å². The van der Waals surface area contributed by atoms with E-state index < -0.39 is 6.43 Å². The Kier molecular flexibility index (Phi) is 5.28. The van der Waals surface area contributed by atoms with Crippen LogP contribution in [-0.4, -0.2) is 34.3 Å². The SMILES string of the molecule is CNC(=O)c1cc2ccccc2c(N2CCCc3cc(-c4ccn(C)n4)c(C(F)F)cc32)n1. The topological polar surface area (TPSA) is 63.1 Å². The second kappa shape index (κ2) is 8.27. The summed E-state index contributed by atoms with van der Waals surface area (Å²) < 4.78 is 29.9. The van der Waals surface area contributed by atoms with Gasteiger partial charge in [-0.3, -0.25) is 9.48 Å². The Morgan fingerprint density at radius 2 is 1.97 bits per heavy atom. The van der Waals surface area contributed by atoms with Crippen molar-refractivity contribution >= 4 is 28.2 Å². The van der Waals surface area contributed by atoms with Crippen LogP contribution in [0.15, 0.2) is 54.7 Å². The molecule has 5 rings (SSSR count). The highest BCUT2D eigenvalue weighted by Gasteiger charge is 2.27. The zero-order valence-corrected chi connectivity index (χ0v) is 18.3. The Morgan fingerprint density at radius 3 is 2.70 bits per heavy atom. The standard InChI is InChI=1S/C25H23F2N5O/c1-28-25(33)21-13-15-6-3-4-8-17(15)24(29-21)32-10-5-7-16-12-18(20-9-11-31(2)30-20)19(23(26)27)14-22(16)32/h3-4,6,8-9,11-14,23H,5,7,10H2,1-2H3,(H,28,33). The smallest absolute Gasteiger partial charge is 0.269 e. The fourth-order valence-corrected chi connectivity index (χ4v) is 4.46. The van der Waals surface area contributed by atoms with E-state index >= 15 is 0 Å². The van der Waals surface area contributed by atoms with Gasteiger partial charge in [0.2, 0.25) is 0 Å². The molecule has 6 nitrogen and oxygen atoms in total. The zero-order chi connectivity index (χ0) is 23.1. The van der Waals surface area contributed by atoms with E-state index in [1.54, 1.807) is 43.2 Å².